The number of halogens is 2. The SMILES string of the molecule is CC(C)(C)OC(=O)N1CCOCC1c1cc(Cl)ccc1CN(C(=S)NC(=O)c1ccccc1)c1nc[nH]c1C(N)=O.CC(C)(C)OC(=O)N1CCOCC1c1cc(Cl)ccc1Cn1c(=S)[nH]c(=O)c2[nH]cnc21. The summed E-state index contributed by atoms with van der Waals surface area (Å²) in [6.07, 6.45) is 1.87. The molecule has 20 nitrogen and oxygen atoms in total. The van der Waals surface area contributed by atoms with Gasteiger partial charge in [0, 0.05) is 28.7 Å². The number of imidazole rings is 2. The third-order valence-electron chi connectivity index (χ3n) is 11.3. The number of ether oxygens (including phenoxy) is 4. The number of anilines is 1. The standard InChI is InChI=1S/C28H31ClN6O5S.C21H24ClN5O4S/c1-28(2,3)40-27(38)34-11-12-39-15-21(34)20-13-19(29)10-9-18(20)14-35(24-22(23(30)36)31-16-32-24)26(41)33-25(37)17-7-5-4-6-8-17;1-21(2,3)31-20(29)26-6-7-30-10-15(26)14-8-13(22)5-4-12(14)9-27-17-16(23-11-24-17)18(28)25-19(27)32/h4-10,13,16,21H,11-12,14-15H2,1-3H3,(H2,30,36)(H,31,32)(H,33,37,41);4-5,8,11,15H,6-7,9-10H2,1-3H3,(H,23,24)(H,25,28,32). The smallest absolute Gasteiger partial charge is 0.410 e. The number of hydrogen-bond acceptors (Lipinski definition) is 13. The summed E-state index contributed by atoms with van der Waals surface area (Å²) in [7, 11) is 0. The second-order valence-corrected chi connectivity index (χ2v) is 20.5. The van der Waals surface area contributed by atoms with Crippen LogP contribution in [-0.4, -0.2) is 119 Å². The number of thiocarbonyl (C=S) groups is 1. The van der Waals surface area contributed by atoms with E-state index in [1.807, 2.05) is 32.9 Å². The molecule has 0 spiro atoms. The maximum absolute atomic E-state index is 13.2. The average molecular weight is 1080 g/mol. The number of carbonyl (C=O) groups excluding carboxylic acids is 4. The molecule has 2 fully saturated rings. The summed E-state index contributed by atoms with van der Waals surface area (Å²) in [4.78, 5) is 84.9. The van der Waals surface area contributed by atoms with Crippen molar-refractivity contribution in [1.29, 1.82) is 0 Å². The number of nitrogens with one attached hydrogen (secondary N) is 4. The van der Waals surface area contributed by atoms with Crippen molar-refractivity contribution in [1.82, 2.24) is 44.6 Å². The second kappa shape index (κ2) is 23.0. The van der Waals surface area contributed by atoms with Crippen LogP contribution in [0, 0.1) is 4.77 Å². The number of morpholine rings is 2. The highest BCUT2D eigenvalue weighted by molar-refractivity contribution is 7.80. The van der Waals surface area contributed by atoms with Crippen LogP contribution >= 0.6 is 47.6 Å². The Hall–Kier alpha value is -6.69. The molecular weight excluding hydrogens is 1020 g/mol. The average Bonchev–Trinajstić information content (AvgIpc) is 4.04. The zero-order chi connectivity index (χ0) is 52.8. The number of amides is 4. The van der Waals surface area contributed by atoms with Crippen LogP contribution < -0.4 is 21.5 Å². The molecule has 2 aliphatic rings. The molecule has 4 amide bonds. The summed E-state index contributed by atoms with van der Waals surface area (Å²) in [5, 5.41) is 3.68. The van der Waals surface area contributed by atoms with E-state index in [0.29, 0.717) is 77.4 Å². The van der Waals surface area contributed by atoms with Gasteiger partial charge in [0.15, 0.2) is 21.3 Å². The Morgan fingerprint density at radius 1 is 0.822 bits per heavy atom. The first kappa shape index (κ1) is 54.1. The lowest BCUT2D eigenvalue weighted by molar-refractivity contribution is -0.0336. The summed E-state index contributed by atoms with van der Waals surface area (Å²) in [5.74, 6) is -1.07. The van der Waals surface area contributed by atoms with E-state index in [9.17, 15) is 24.0 Å². The number of rotatable bonds is 9. The van der Waals surface area contributed by atoms with Crippen molar-refractivity contribution in [3.63, 3.8) is 0 Å². The fourth-order valence-corrected chi connectivity index (χ4v) is 8.90. The summed E-state index contributed by atoms with van der Waals surface area (Å²) in [6, 6.07) is 18.3. The Balaban J connectivity index is 0.000000220. The molecule has 0 aliphatic carbocycles. The van der Waals surface area contributed by atoms with Crippen LogP contribution in [-0.2, 0) is 32.0 Å². The van der Waals surface area contributed by atoms with Gasteiger partial charge in [-0.2, -0.15) is 0 Å². The fourth-order valence-electron chi connectivity index (χ4n) is 8.05. The van der Waals surface area contributed by atoms with Gasteiger partial charge >= 0.3 is 12.2 Å². The first-order valence-electron chi connectivity index (χ1n) is 23.0. The predicted octanol–water partition coefficient (Wildman–Crippen LogP) is 7.98. The molecule has 0 saturated carbocycles. The number of carbonyl (C=O) groups is 4. The van der Waals surface area contributed by atoms with E-state index < -0.39 is 41.2 Å². The maximum atomic E-state index is 13.2. The zero-order valence-corrected chi connectivity index (χ0v) is 44.0. The largest absolute Gasteiger partial charge is 0.444 e. The van der Waals surface area contributed by atoms with Gasteiger partial charge in [-0.1, -0.05) is 53.5 Å². The van der Waals surface area contributed by atoms with Gasteiger partial charge in [-0.05, 0) is 125 Å². The van der Waals surface area contributed by atoms with Crippen LogP contribution in [0.5, 0.6) is 0 Å². The molecule has 5 heterocycles. The number of H-pyrrole nitrogens is 3. The lowest BCUT2D eigenvalue weighted by Gasteiger charge is -2.38. The molecule has 73 heavy (non-hydrogen) atoms. The molecule has 8 rings (SSSR count). The molecule has 2 aliphatic heterocycles. The van der Waals surface area contributed by atoms with Crippen molar-refractivity contribution >= 4 is 93.7 Å². The van der Waals surface area contributed by atoms with Gasteiger partial charge in [0.05, 0.1) is 64.3 Å². The third kappa shape index (κ3) is 13.5. The van der Waals surface area contributed by atoms with Crippen molar-refractivity contribution in [2.75, 3.05) is 44.4 Å². The molecule has 0 radical (unpaired) electrons. The Bertz CT molecular complexity index is 3130. The van der Waals surface area contributed by atoms with Gasteiger partial charge in [-0.3, -0.25) is 44.0 Å². The topological polar surface area (TPSA) is 248 Å². The second-order valence-electron chi connectivity index (χ2n) is 18.8. The van der Waals surface area contributed by atoms with Gasteiger partial charge in [0.1, 0.15) is 22.4 Å². The number of fused-ring (bicyclic) bond motifs is 1. The summed E-state index contributed by atoms with van der Waals surface area (Å²) >= 11 is 23.8. The molecule has 3 aromatic heterocycles. The van der Waals surface area contributed by atoms with Gasteiger partial charge in [0.2, 0.25) is 0 Å². The highest BCUT2D eigenvalue weighted by atomic mass is 35.5. The van der Waals surface area contributed by atoms with Crippen molar-refractivity contribution in [2.24, 2.45) is 5.73 Å². The lowest BCUT2D eigenvalue weighted by Crippen LogP contribution is -2.46. The first-order chi connectivity index (χ1) is 34.6. The highest BCUT2D eigenvalue weighted by Crippen LogP contribution is 2.34. The minimum Gasteiger partial charge on any atom is -0.444 e. The van der Waals surface area contributed by atoms with Crippen molar-refractivity contribution in [2.45, 2.75) is 77.9 Å². The Labute approximate surface area is 440 Å². The van der Waals surface area contributed by atoms with Crippen molar-refractivity contribution < 1.29 is 38.1 Å². The summed E-state index contributed by atoms with van der Waals surface area (Å²) < 4.78 is 24.7. The van der Waals surface area contributed by atoms with E-state index in [0.717, 1.165) is 11.1 Å². The quantitative estimate of drug-likeness (QED) is 0.0862. The van der Waals surface area contributed by atoms with Crippen LogP contribution in [0.4, 0.5) is 15.4 Å². The monoisotopic (exact) mass is 1080 g/mol. The molecule has 6 N–H and O–H groups in total. The Kier molecular flexibility index (Phi) is 17.1. The number of aromatic amines is 3. The molecule has 2 atom stereocenters. The number of aromatic nitrogens is 6. The molecule has 3 aromatic carbocycles. The normalized spacial score (nSPS) is 16.0. The minimum atomic E-state index is -0.757. The Morgan fingerprint density at radius 3 is 1.93 bits per heavy atom. The molecule has 2 unspecified atom stereocenters. The van der Waals surface area contributed by atoms with Gasteiger partial charge < -0.3 is 34.6 Å². The highest BCUT2D eigenvalue weighted by Gasteiger charge is 2.36. The van der Waals surface area contributed by atoms with Crippen molar-refractivity contribution in [3.05, 3.63) is 138 Å². The molecule has 386 valence electrons. The van der Waals surface area contributed by atoms with Crippen LogP contribution in [0.3, 0.4) is 0 Å². The number of nitrogens with two attached hydrogens (primary N) is 1. The lowest BCUT2D eigenvalue weighted by atomic mass is 9.98. The summed E-state index contributed by atoms with van der Waals surface area (Å²) in [5.41, 5.74) is 8.20. The molecular formula is C49H55Cl2N11O9S2. The molecule has 0 bridgehead atoms. The van der Waals surface area contributed by atoms with Gasteiger partial charge in [0.25, 0.3) is 17.4 Å². The maximum Gasteiger partial charge on any atom is 0.410 e. The number of hydrogen-bond donors (Lipinski definition) is 5. The Morgan fingerprint density at radius 2 is 1.37 bits per heavy atom. The third-order valence-corrected chi connectivity index (χ3v) is 12.4. The van der Waals surface area contributed by atoms with Crippen LogP contribution in [0.2, 0.25) is 10.0 Å². The first-order valence-corrected chi connectivity index (χ1v) is 24.5. The predicted molar refractivity (Wildman–Crippen MR) is 280 cm³/mol. The van der Waals surface area contributed by atoms with E-state index in [4.69, 9.17) is 72.3 Å². The van der Waals surface area contributed by atoms with E-state index in [2.05, 4.69) is 30.2 Å². The van der Waals surface area contributed by atoms with E-state index in [1.54, 1.807) is 89.7 Å². The van der Waals surface area contributed by atoms with Crippen LogP contribution in [0.1, 0.15) is 96.7 Å². The van der Waals surface area contributed by atoms with Crippen molar-refractivity contribution in [3.8, 4) is 0 Å². The van der Waals surface area contributed by atoms with E-state index in [1.165, 1.54) is 17.6 Å². The van der Waals surface area contributed by atoms with Gasteiger partial charge in [-0.25, -0.2) is 19.6 Å². The molecule has 6 aromatic rings. The van der Waals surface area contributed by atoms with Gasteiger partial charge in [-0.15, -0.1) is 0 Å². The van der Waals surface area contributed by atoms with E-state index >= 15 is 0 Å². The van der Waals surface area contributed by atoms with Crippen LogP contribution in [0.25, 0.3) is 11.2 Å². The zero-order valence-electron chi connectivity index (χ0n) is 40.8. The fraction of sp³-hybridized carbons (Fsp3) is 0.367. The summed E-state index contributed by atoms with van der Waals surface area (Å²) in [6.45, 7) is 13.3. The number of primary amides is 1. The molecule has 2 saturated heterocycles. The van der Waals surface area contributed by atoms with E-state index in [-0.39, 0.29) is 46.1 Å². The number of nitrogens with zero attached hydrogens (tertiary/aromatic N) is 6. The number of benzene rings is 3. The van der Waals surface area contributed by atoms with Crippen LogP contribution in [0.15, 0.2) is 84.2 Å². The molecule has 24 heteroatoms. The minimum absolute atomic E-state index is 0.00760.